The first-order valence-electron chi connectivity index (χ1n) is 6.17. The molecule has 0 amide bonds. The zero-order chi connectivity index (χ0) is 10.3. The Morgan fingerprint density at radius 2 is 2.00 bits per heavy atom. The second-order valence-electron chi connectivity index (χ2n) is 4.42. The molecule has 0 radical (unpaired) electrons. The van der Waals surface area contributed by atoms with Crippen LogP contribution in [0.25, 0.3) is 0 Å². The molecule has 0 aliphatic carbocycles. The summed E-state index contributed by atoms with van der Waals surface area (Å²) in [6.07, 6.45) is 7.64. The van der Waals surface area contributed by atoms with E-state index in [-0.39, 0.29) is 5.60 Å². The molecule has 1 unspecified atom stereocenters. The van der Waals surface area contributed by atoms with E-state index in [4.69, 9.17) is 4.74 Å². The molecule has 1 aliphatic rings. The van der Waals surface area contributed by atoms with Crippen LogP contribution >= 0.6 is 0 Å². The lowest BCUT2D eigenvalue weighted by Gasteiger charge is -2.38. The van der Waals surface area contributed by atoms with Gasteiger partial charge in [0.05, 0.1) is 12.2 Å². The van der Waals surface area contributed by atoms with Crippen LogP contribution in [0.3, 0.4) is 0 Å². The van der Waals surface area contributed by atoms with Crippen molar-refractivity contribution in [2.24, 2.45) is 0 Å². The average Bonchev–Trinajstić information content (AvgIpc) is 2.20. The molecule has 1 saturated heterocycles. The summed E-state index contributed by atoms with van der Waals surface area (Å²) in [6.45, 7) is 7.49. The molecule has 14 heavy (non-hydrogen) atoms. The zero-order valence-corrected chi connectivity index (χ0v) is 9.77. The number of rotatable bonds is 6. The van der Waals surface area contributed by atoms with Crippen molar-refractivity contribution in [1.29, 1.82) is 0 Å². The summed E-state index contributed by atoms with van der Waals surface area (Å²) in [6, 6.07) is 0. The molecule has 0 saturated carbocycles. The molecule has 0 aromatic rings. The van der Waals surface area contributed by atoms with Crippen molar-refractivity contribution in [3.8, 4) is 0 Å². The number of unbranched alkanes of at least 4 members (excludes halogenated alkanes) is 2. The standard InChI is InChI=1S/C12H25NO/c1-3-5-6-8-12(7-4-2)11-13-9-10-14-12/h13H,3-11H2,1-2H3. The van der Waals surface area contributed by atoms with Gasteiger partial charge in [0.15, 0.2) is 0 Å². The van der Waals surface area contributed by atoms with Crippen molar-refractivity contribution >= 4 is 0 Å². The number of ether oxygens (including phenoxy) is 1. The van der Waals surface area contributed by atoms with Gasteiger partial charge in [-0.1, -0.05) is 39.5 Å². The molecule has 1 atom stereocenters. The fraction of sp³-hybridized carbons (Fsp3) is 1.00. The molecule has 0 bridgehead atoms. The Morgan fingerprint density at radius 3 is 2.57 bits per heavy atom. The van der Waals surface area contributed by atoms with Crippen LogP contribution < -0.4 is 5.32 Å². The van der Waals surface area contributed by atoms with Crippen molar-refractivity contribution in [3.63, 3.8) is 0 Å². The number of hydrogen-bond donors (Lipinski definition) is 1. The Bertz CT molecular complexity index is 136. The lowest BCUT2D eigenvalue weighted by molar-refractivity contribution is -0.0781. The smallest absolute Gasteiger partial charge is 0.0806 e. The highest BCUT2D eigenvalue weighted by Gasteiger charge is 2.31. The van der Waals surface area contributed by atoms with Gasteiger partial charge in [-0.05, 0) is 12.8 Å². The first-order chi connectivity index (χ1) is 6.83. The van der Waals surface area contributed by atoms with Crippen LogP contribution in [-0.4, -0.2) is 25.3 Å². The van der Waals surface area contributed by atoms with E-state index in [1.807, 2.05) is 0 Å². The summed E-state index contributed by atoms with van der Waals surface area (Å²) >= 11 is 0. The van der Waals surface area contributed by atoms with Crippen LogP contribution in [0.4, 0.5) is 0 Å². The maximum absolute atomic E-state index is 5.99. The molecule has 84 valence electrons. The van der Waals surface area contributed by atoms with Gasteiger partial charge < -0.3 is 10.1 Å². The molecule has 1 aliphatic heterocycles. The van der Waals surface area contributed by atoms with Crippen molar-refractivity contribution in [1.82, 2.24) is 5.32 Å². The number of morpholine rings is 1. The van der Waals surface area contributed by atoms with Gasteiger partial charge in [0.2, 0.25) is 0 Å². The predicted octanol–water partition coefficient (Wildman–Crippen LogP) is 2.73. The van der Waals surface area contributed by atoms with Crippen molar-refractivity contribution in [2.75, 3.05) is 19.7 Å². The zero-order valence-electron chi connectivity index (χ0n) is 9.77. The summed E-state index contributed by atoms with van der Waals surface area (Å²) in [5, 5.41) is 3.46. The molecule has 2 nitrogen and oxygen atoms in total. The number of hydrogen-bond acceptors (Lipinski definition) is 2. The molecule has 1 fully saturated rings. The predicted molar refractivity (Wildman–Crippen MR) is 60.6 cm³/mol. The van der Waals surface area contributed by atoms with Gasteiger partial charge in [0.25, 0.3) is 0 Å². The van der Waals surface area contributed by atoms with Gasteiger partial charge in [0, 0.05) is 13.1 Å². The van der Waals surface area contributed by atoms with Gasteiger partial charge in [-0.3, -0.25) is 0 Å². The van der Waals surface area contributed by atoms with Crippen LogP contribution in [-0.2, 0) is 4.74 Å². The minimum atomic E-state index is 0.169. The highest BCUT2D eigenvalue weighted by Crippen LogP contribution is 2.26. The second-order valence-corrected chi connectivity index (χ2v) is 4.42. The van der Waals surface area contributed by atoms with E-state index in [0.717, 1.165) is 19.7 Å². The van der Waals surface area contributed by atoms with Crippen LogP contribution in [0.15, 0.2) is 0 Å². The van der Waals surface area contributed by atoms with Crippen molar-refractivity contribution < 1.29 is 4.74 Å². The Kier molecular flexibility index (Phi) is 5.49. The van der Waals surface area contributed by atoms with E-state index < -0.39 is 0 Å². The van der Waals surface area contributed by atoms with Crippen molar-refractivity contribution in [3.05, 3.63) is 0 Å². The SMILES string of the molecule is CCCCCC1(CCC)CNCCO1. The van der Waals surface area contributed by atoms with Gasteiger partial charge in [0.1, 0.15) is 0 Å². The summed E-state index contributed by atoms with van der Waals surface area (Å²) in [7, 11) is 0. The minimum Gasteiger partial charge on any atom is -0.372 e. The third-order valence-electron chi connectivity index (χ3n) is 3.08. The molecule has 1 rings (SSSR count). The van der Waals surface area contributed by atoms with E-state index >= 15 is 0 Å². The summed E-state index contributed by atoms with van der Waals surface area (Å²) in [5.74, 6) is 0. The molecular weight excluding hydrogens is 174 g/mol. The Labute approximate surface area is 88.4 Å². The third kappa shape index (κ3) is 3.58. The van der Waals surface area contributed by atoms with Gasteiger partial charge >= 0.3 is 0 Å². The van der Waals surface area contributed by atoms with Gasteiger partial charge in [-0.15, -0.1) is 0 Å². The largest absolute Gasteiger partial charge is 0.372 e. The Hall–Kier alpha value is -0.0800. The first-order valence-corrected chi connectivity index (χ1v) is 6.17. The van der Waals surface area contributed by atoms with E-state index in [1.165, 1.54) is 38.5 Å². The quantitative estimate of drug-likeness (QED) is 0.664. The fourth-order valence-corrected chi connectivity index (χ4v) is 2.31. The highest BCUT2D eigenvalue weighted by atomic mass is 16.5. The van der Waals surface area contributed by atoms with Gasteiger partial charge in [-0.2, -0.15) is 0 Å². The molecule has 2 heteroatoms. The maximum Gasteiger partial charge on any atom is 0.0806 e. The highest BCUT2D eigenvalue weighted by molar-refractivity contribution is 4.85. The van der Waals surface area contributed by atoms with Crippen LogP contribution in [0, 0.1) is 0 Å². The van der Waals surface area contributed by atoms with Crippen LogP contribution in [0.5, 0.6) is 0 Å². The van der Waals surface area contributed by atoms with E-state index in [1.54, 1.807) is 0 Å². The van der Waals surface area contributed by atoms with E-state index in [9.17, 15) is 0 Å². The summed E-state index contributed by atoms with van der Waals surface area (Å²) in [4.78, 5) is 0. The lowest BCUT2D eigenvalue weighted by Crippen LogP contribution is -2.49. The monoisotopic (exact) mass is 199 g/mol. The minimum absolute atomic E-state index is 0.169. The average molecular weight is 199 g/mol. The molecule has 0 aromatic heterocycles. The third-order valence-corrected chi connectivity index (χ3v) is 3.08. The van der Waals surface area contributed by atoms with Gasteiger partial charge in [-0.25, -0.2) is 0 Å². The maximum atomic E-state index is 5.99. The Balaban J connectivity index is 2.34. The van der Waals surface area contributed by atoms with E-state index in [2.05, 4.69) is 19.2 Å². The molecule has 1 heterocycles. The lowest BCUT2D eigenvalue weighted by atomic mass is 9.90. The van der Waals surface area contributed by atoms with E-state index in [0.29, 0.717) is 0 Å². The first kappa shape index (κ1) is 12.0. The summed E-state index contributed by atoms with van der Waals surface area (Å²) in [5.41, 5.74) is 0.169. The molecule has 0 spiro atoms. The normalized spacial score (nSPS) is 27.9. The number of nitrogens with one attached hydrogen (secondary N) is 1. The fourth-order valence-electron chi connectivity index (χ4n) is 2.31. The Morgan fingerprint density at radius 1 is 1.14 bits per heavy atom. The topological polar surface area (TPSA) is 21.3 Å². The van der Waals surface area contributed by atoms with Crippen molar-refractivity contribution in [2.45, 2.75) is 58.0 Å². The molecule has 1 N–H and O–H groups in total. The van der Waals surface area contributed by atoms with Crippen LogP contribution in [0.2, 0.25) is 0 Å². The second kappa shape index (κ2) is 6.41. The van der Waals surface area contributed by atoms with Crippen LogP contribution in [0.1, 0.15) is 52.4 Å². The molecule has 0 aromatic carbocycles. The summed E-state index contributed by atoms with van der Waals surface area (Å²) < 4.78 is 5.99. The molecular formula is C12H25NO.